The van der Waals surface area contributed by atoms with Crippen molar-refractivity contribution in [1.29, 1.82) is 0 Å². The van der Waals surface area contributed by atoms with Crippen LogP contribution < -0.4 is 5.32 Å². The van der Waals surface area contributed by atoms with Crippen molar-refractivity contribution in [1.82, 2.24) is 5.32 Å². The second-order valence-electron chi connectivity index (χ2n) is 3.59. The minimum absolute atomic E-state index is 0. The summed E-state index contributed by atoms with van der Waals surface area (Å²) in [7, 11) is 1.20. The smallest absolute Gasteiger partial charge is 0.379 e. The summed E-state index contributed by atoms with van der Waals surface area (Å²) in [5, 5.41) is 2.20. The van der Waals surface area contributed by atoms with Gasteiger partial charge >= 0.3 is 11.9 Å². The van der Waals surface area contributed by atoms with Crippen LogP contribution in [0.5, 0.6) is 0 Å². The Morgan fingerprint density at radius 3 is 2.40 bits per heavy atom. The Labute approximate surface area is 108 Å². The number of carbonyl (C=O) groups is 2. The molecule has 0 spiro atoms. The van der Waals surface area contributed by atoms with Crippen LogP contribution in [0.25, 0.3) is 0 Å². The van der Waals surface area contributed by atoms with E-state index in [1.807, 2.05) is 0 Å². The maximum Gasteiger partial charge on any atom is 0.379 e. The molecule has 0 heterocycles. The van der Waals surface area contributed by atoms with Crippen molar-refractivity contribution in [2.45, 2.75) is 12.5 Å². The quantitative estimate of drug-likeness (QED) is 0.332. The molecule has 0 radical (unpaired) electrons. The van der Waals surface area contributed by atoms with Gasteiger partial charge in [-0.05, 0) is 17.7 Å². The van der Waals surface area contributed by atoms with Gasteiger partial charge in [-0.15, -0.1) is 0 Å². The maximum atomic E-state index is 11.7. The number of amides is 1. The molecule has 6 nitrogen and oxygen atoms in total. The van der Waals surface area contributed by atoms with Gasteiger partial charge in [-0.3, -0.25) is 0 Å². The van der Waals surface area contributed by atoms with Gasteiger partial charge in [0, 0.05) is 10.9 Å². The number of esters is 1. The monoisotopic (exact) mass is 525 g/mol. The van der Waals surface area contributed by atoms with Crippen LogP contribution in [0, 0.1) is 0 Å². The van der Waals surface area contributed by atoms with Gasteiger partial charge in [0.2, 0.25) is 0 Å². The zero-order chi connectivity index (χ0) is 14.3. The van der Waals surface area contributed by atoms with Crippen LogP contribution in [0.3, 0.4) is 0 Å². The molecule has 1 unspecified atom stereocenters. The molecule has 1 atom stereocenters. The van der Waals surface area contributed by atoms with E-state index in [4.69, 9.17) is 0 Å². The Hall–Kier alpha value is -3.44. The Kier molecular flexibility index (Phi) is 6.46. The van der Waals surface area contributed by atoms with Crippen molar-refractivity contribution in [3.05, 3.63) is 35.4 Å². The molecular formula is C12H11FFmNO5-. The number of rotatable bonds is 6. The zero-order valence-electron chi connectivity index (χ0n) is 10.3. The number of halogens is 1. The summed E-state index contributed by atoms with van der Waals surface area (Å²) in [6.07, 6.45) is 1.58. The van der Waals surface area contributed by atoms with Crippen molar-refractivity contribution >= 4 is 18.3 Å². The van der Waals surface area contributed by atoms with Gasteiger partial charge in [0.1, 0.15) is 6.04 Å². The number of hydrogen-bond donors (Lipinski definition) is 1. The normalized spacial score (nSPS) is 10.7. The Bertz CT molecular complexity index is 465. The summed E-state index contributed by atoms with van der Waals surface area (Å²) in [6, 6.07) is 4.83. The fourth-order valence-electron chi connectivity index (χ4n) is 1.46. The molecule has 0 saturated heterocycles. The van der Waals surface area contributed by atoms with E-state index in [1.54, 1.807) is 0 Å². The van der Waals surface area contributed by atoms with Crippen molar-refractivity contribution < 1.29 is 28.6 Å². The molecule has 1 aromatic rings. The molecule has 8 heteroatoms. The van der Waals surface area contributed by atoms with Crippen LogP contribution in [0.15, 0.2) is 24.3 Å². The second kappa shape index (κ2) is 7.80. The first kappa shape index (κ1) is 16.6. The van der Waals surface area contributed by atoms with E-state index >= 15 is 0 Å². The number of ether oxygens (including phenoxy) is 1. The Balaban J connectivity index is 0.00000361. The van der Waals surface area contributed by atoms with Gasteiger partial charge in [0.25, 0.3) is 0 Å². The molecule has 0 aliphatic rings. The number of methoxy groups -OCH3 is 1. The van der Waals surface area contributed by atoms with E-state index in [0.717, 1.165) is 0 Å². The number of benzene rings is 1. The Morgan fingerprint density at radius 2 is 1.95 bits per heavy atom. The van der Waals surface area contributed by atoms with E-state index < -0.39 is 18.0 Å². The van der Waals surface area contributed by atoms with Gasteiger partial charge in [0.15, 0.2) is 0 Å². The summed E-state index contributed by atoms with van der Waals surface area (Å²) in [5.41, 5.74) is 0.685. The first-order valence-electron chi connectivity index (χ1n) is 5.24. The third-order valence-electron chi connectivity index (χ3n) is 2.42. The molecule has 0 fully saturated rings. The number of carbonyl (C=O) groups excluding carboxylic acids is 3. The van der Waals surface area contributed by atoms with E-state index in [1.165, 1.54) is 37.8 Å². The number of hydrogen-bond acceptors (Lipinski definition) is 5. The molecular weight excluding hydrogens is 514 g/mol. The third-order valence-corrected chi connectivity index (χ3v) is 2.42. The molecule has 0 aliphatic carbocycles. The first-order chi connectivity index (χ1) is 9.12. The van der Waals surface area contributed by atoms with Crippen molar-refractivity contribution in [2.75, 3.05) is 7.11 Å². The summed E-state index contributed by atoms with van der Waals surface area (Å²) in [4.78, 5) is 35.5. The van der Waals surface area contributed by atoms with Crippen LogP contribution >= 0.6 is 0 Å². The van der Waals surface area contributed by atoms with E-state index in [-0.39, 0.29) is 12.0 Å². The van der Waals surface area contributed by atoms with E-state index in [0.29, 0.717) is 5.56 Å². The molecule has 114 valence electrons. The molecule has 0 aromatic heterocycles. The molecule has 1 aromatic carbocycles. The fourth-order valence-corrected chi connectivity index (χ4v) is 1.46. The summed E-state index contributed by atoms with van der Waals surface area (Å²) >= 11 is 0. The average molecular weight is 525 g/mol. The van der Waals surface area contributed by atoms with Crippen LogP contribution in [-0.2, 0) is 25.7 Å². The second-order valence-corrected chi connectivity index (χ2v) is 3.59. The standard InChI is InChI=1S/C12H11FNO5.Fm/c1-18-12(17)10(14-7-15)6-8-2-4-9(5-3-8)11(16)19-13;/h2-5,10H,6H2,1H3,(H,14,15);/q-1;. The van der Waals surface area contributed by atoms with Crippen molar-refractivity contribution in [3.63, 3.8) is 0 Å². The van der Waals surface area contributed by atoms with Gasteiger partial charge in [0.05, 0.1) is 12.7 Å². The average Bonchev–Trinajstić information content (AvgIpc) is 2.46. The summed E-state index contributed by atoms with van der Waals surface area (Å²) < 4.78 is 16.2. The topological polar surface area (TPSA) is 81.7 Å². The van der Waals surface area contributed by atoms with Crippen LogP contribution in [0.2, 0.25) is 0 Å². The van der Waals surface area contributed by atoms with Crippen LogP contribution in [-0.4, -0.2) is 31.5 Å². The van der Waals surface area contributed by atoms with Gasteiger partial charge in [-0.25, -0.2) is 14.5 Å². The van der Waals surface area contributed by atoms with E-state index in [9.17, 15) is 18.9 Å². The molecule has 1 amide bonds. The first-order valence-corrected chi connectivity index (χ1v) is 5.24. The van der Waals surface area contributed by atoms with Crippen LogP contribution in [0.4, 0.5) is 4.53 Å². The summed E-state index contributed by atoms with van der Waals surface area (Å²) in [5.74, 6) is -1.72. The SMILES string of the molecule is COC(=O)C(Cc1ccc(C(=O)OF)cc1)N[C-]=O.[Fm]. The Morgan fingerprint density at radius 1 is 1.35 bits per heavy atom. The minimum atomic E-state index is -1.10. The predicted octanol–water partition coefficient (Wildman–Crippen LogP) is 0.469. The predicted molar refractivity (Wildman–Crippen MR) is 61.3 cm³/mol. The van der Waals surface area contributed by atoms with Gasteiger partial charge in [-0.2, -0.15) is 6.41 Å². The maximum absolute atomic E-state index is 11.7. The largest absolute Gasteiger partial charge is 0.520 e. The molecule has 1 N–H and O–H groups in total. The third kappa shape index (κ3) is 4.10. The van der Waals surface area contributed by atoms with Gasteiger partial charge < -0.3 is 14.8 Å². The summed E-state index contributed by atoms with van der Waals surface area (Å²) in [6.45, 7) is 0. The zero-order valence-corrected chi connectivity index (χ0v) is 12.7. The molecule has 0 bridgehead atoms. The van der Waals surface area contributed by atoms with Crippen molar-refractivity contribution in [2.24, 2.45) is 0 Å². The van der Waals surface area contributed by atoms with Crippen molar-refractivity contribution in [3.8, 4) is 0 Å². The number of nitrogens with one attached hydrogen (secondary N) is 1. The minimum Gasteiger partial charge on any atom is -0.520 e. The molecule has 0 aliphatic heterocycles. The van der Waals surface area contributed by atoms with Gasteiger partial charge in [-0.1, -0.05) is 12.1 Å². The fraction of sp³-hybridized carbons (Fsp3) is 0.250. The molecule has 0 saturated carbocycles. The molecule has 20 heavy (non-hydrogen) atoms. The molecule has 1 rings (SSSR count). The van der Waals surface area contributed by atoms with E-state index in [2.05, 4.69) is 15.0 Å². The van der Waals surface area contributed by atoms with Crippen LogP contribution in [0.1, 0.15) is 15.9 Å².